The number of hydrogen-bond acceptors (Lipinski definition) is 6. The maximum atomic E-state index is 12.0. The Balaban J connectivity index is 1.37. The molecule has 158 valence electrons. The van der Waals surface area contributed by atoms with Gasteiger partial charge in [-0.05, 0) is 31.2 Å². The van der Waals surface area contributed by atoms with Crippen LogP contribution in [0.4, 0.5) is 0 Å². The molecule has 2 aromatic carbocycles. The lowest BCUT2D eigenvalue weighted by molar-refractivity contribution is -0.120. The van der Waals surface area contributed by atoms with E-state index in [2.05, 4.69) is 25.2 Å². The molecule has 30 heavy (non-hydrogen) atoms. The molecule has 0 bridgehead atoms. The summed E-state index contributed by atoms with van der Waals surface area (Å²) in [6, 6.07) is 16.3. The summed E-state index contributed by atoms with van der Waals surface area (Å²) >= 11 is 1.47. The van der Waals surface area contributed by atoms with Crippen LogP contribution in [0.2, 0.25) is 0 Å². The van der Waals surface area contributed by atoms with Crippen LogP contribution in [0.15, 0.2) is 64.6 Å². The minimum absolute atomic E-state index is 0.0533. The zero-order valence-electron chi connectivity index (χ0n) is 16.5. The lowest BCUT2D eigenvalue weighted by Crippen LogP contribution is -2.25. The van der Waals surface area contributed by atoms with Crippen molar-refractivity contribution in [1.29, 1.82) is 0 Å². The molecule has 3 N–H and O–H groups in total. The van der Waals surface area contributed by atoms with Crippen LogP contribution in [0.1, 0.15) is 12.0 Å². The average molecular weight is 446 g/mol. The third-order valence-corrected chi connectivity index (χ3v) is 6.59. The first-order valence-corrected chi connectivity index (χ1v) is 11.8. The van der Waals surface area contributed by atoms with Crippen LogP contribution in [0, 0.1) is 0 Å². The molecule has 0 radical (unpaired) electrons. The largest absolute Gasteiger partial charge is 0.355 e. The van der Waals surface area contributed by atoms with Crippen molar-refractivity contribution in [2.24, 2.45) is 0 Å². The summed E-state index contributed by atoms with van der Waals surface area (Å²) in [6.07, 6.45) is 0.877. The Bertz CT molecular complexity index is 1070. The molecule has 1 aromatic heterocycles. The van der Waals surface area contributed by atoms with Crippen molar-refractivity contribution in [3.8, 4) is 11.4 Å². The third-order valence-electron chi connectivity index (χ3n) is 4.31. The van der Waals surface area contributed by atoms with Gasteiger partial charge in [0.05, 0.1) is 4.90 Å². The number of aromatic nitrogens is 3. The monoisotopic (exact) mass is 445 g/mol. The van der Waals surface area contributed by atoms with Gasteiger partial charge in [-0.25, -0.2) is 18.1 Å². The lowest BCUT2D eigenvalue weighted by atomic mass is 10.1. The number of aromatic amines is 1. The van der Waals surface area contributed by atoms with Gasteiger partial charge in [-0.3, -0.25) is 9.89 Å². The average Bonchev–Trinajstić information content (AvgIpc) is 3.25. The molecule has 0 aliphatic rings. The van der Waals surface area contributed by atoms with Crippen LogP contribution in [0.5, 0.6) is 0 Å². The Hall–Kier alpha value is -2.69. The molecule has 3 rings (SSSR count). The van der Waals surface area contributed by atoms with Gasteiger partial charge in [0.1, 0.15) is 0 Å². The predicted molar refractivity (Wildman–Crippen MR) is 117 cm³/mol. The van der Waals surface area contributed by atoms with E-state index in [1.165, 1.54) is 30.9 Å². The molecule has 0 aliphatic heterocycles. The fourth-order valence-electron chi connectivity index (χ4n) is 2.67. The number of carbonyl (C=O) groups excluding carboxylic acids is 1. The summed E-state index contributed by atoms with van der Waals surface area (Å²) in [5, 5.41) is 10.6. The Morgan fingerprint density at radius 1 is 1.10 bits per heavy atom. The van der Waals surface area contributed by atoms with E-state index in [-0.39, 0.29) is 10.8 Å². The molecule has 3 aromatic rings. The molecule has 8 nitrogen and oxygen atoms in total. The molecular formula is C20H23N5O3S2. The fraction of sp³-hybridized carbons (Fsp3) is 0.250. The fourth-order valence-corrected chi connectivity index (χ4v) is 4.05. The standard InChI is InChI=1S/C20H23N5O3S2/c1-21-30(27,28)17-10-7-15(8-11-17)9-12-18(26)22-13-14-29-20-23-19(24-25-20)16-5-3-2-4-6-16/h2-8,10-11,21H,9,12-14H2,1H3,(H,22,26)(H,23,24,25). The van der Waals surface area contributed by atoms with E-state index in [1.807, 2.05) is 30.3 Å². The molecule has 0 unspecified atom stereocenters. The summed E-state index contributed by atoms with van der Waals surface area (Å²) in [5.74, 6) is 1.33. The highest BCUT2D eigenvalue weighted by molar-refractivity contribution is 7.99. The highest BCUT2D eigenvalue weighted by Gasteiger charge is 2.11. The second-order valence-corrected chi connectivity index (χ2v) is 9.33. The maximum absolute atomic E-state index is 12.0. The van der Waals surface area contributed by atoms with E-state index in [0.717, 1.165) is 17.0 Å². The van der Waals surface area contributed by atoms with Gasteiger partial charge in [0.15, 0.2) is 5.82 Å². The van der Waals surface area contributed by atoms with Crippen LogP contribution in [-0.2, 0) is 21.2 Å². The van der Waals surface area contributed by atoms with Gasteiger partial charge in [0.25, 0.3) is 0 Å². The zero-order valence-corrected chi connectivity index (χ0v) is 18.1. The van der Waals surface area contributed by atoms with Crippen molar-refractivity contribution in [3.05, 3.63) is 60.2 Å². The van der Waals surface area contributed by atoms with Crippen molar-refractivity contribution >= 4 is 27.7 Å². The number of rotatable bonds is 10. The lowest BCUT2D eigenvalue weighted by Gasteiger charge is -2.06. The van der Waals surface area contributed by atoms with Crippen LogP contribution in [-0.4, -0.2) is 48.9 Å². The van der Waals surface area contributed by atoms with E-state index in [0.29, 0.717) is 30.3 Å². The Kier molecular flexibility index (Phi) is 7.61. The maximum Gasteiger partial charge on any atom is 0.240 e. The van der Waals surface area contributed by atoms with Gasteiger partial charge in [-0.2, -0.15) is 0 Å². The van der Waals surface area contributed by atoms with Gasteiger partial charge in [-0.15, -0.1) is 5.10 Å². The third kappa shape index (κ3) is 6.15. The summed E-state index contributed by atoms with van der Waals surface area (Å²) in [6.45, 7) is 0.512. The van der Waals surface area contributed by atoms with E-state index < -0.39 is 10.0 Å². The van der Waals surface area contributed by atoms with Crippen molar-refractivity contribution < 1.29 is 13.2 Å². The first kappa shape index (κ1) is 22.0. The molecule has 0 atom stereocenters. The molecule has 0 fully saturated rings. The van der Waals surface area contributed by atoms with Crippen LogP contribution in [0.3, 0.4) is 0 Å². The predicted octanol–water partition coefficient (Wildman–Crippen LogP) is 2.22. The Labute approximate surface area is 179 Å². The number of nitrogens with zero attached hydrogens (tertiary/aromatic N) is 2. The van der Waals surface area contributed by atoms with Gasteiger partial charge >= 0.3 is 0 Å². The van der Waals surface area contributed by atoms with Crippen LogP contribution >= 0.6 is 11.8 Å². The summed E-state index contributed by atoms with van der Waals surface area (Å²) < 4.78 is 25.7. The van der Waals surface area contributed by atoms with Crippen molar-refractivity contribution in [1.82, 2.24) is 25.2 Å². The Morgan fingerprint density at radius 3 is 2.53 bits per heavy atom. The molecule has 0 saturated heterocycles. The summed E-state index contributed by atoms with van der Waals surface area (Å²) in [5.41, 5.74) is 1.88. The normalized spacial score (nSPS) is 11.4. The van der Waals surface area contributed by atoms with E-state index in [9.17, 15) is 13.2 Å². The Morgan fingerprint density at radius 2 is 1.83 bits per heavy atom. The summed E-state index contributed by atoms with van der Waals surface area (Å²) in [4.78, 5) is 16.7. The summed E-state index contributed by atoms with van der Waals surface area (Å²) in [7, 11) is -2.07. The molecule has 0 saturated carbocycles. The molecular weight excluding hydrogens is 422 g/mol. The minimum atomic E-state index is -3.44. The first-order valence-electron chi connectivity index (χ1n) is 9.38. The second kappa shape index (κ2) is 10.4. The first-order chi connectivity index (χ1) is 14.5. The molecule has 1 amide bonds. The smallest absolute Gasteiger partial charge is 0.240 e. The zero-order chi connectivity index (χ0) is 21.4. The molecule has 10 heteroatoms. The number of thioether (sulfide) groups is 1. The van der Waals surface area contributed by atoms with Crippen molar-refractivity contribution in [2.75, 3.05) is 19.3 Å². The number of aryl methyl sites for hydroxylation is 1. The molecule has 0 spiro atoms. The number of amides is 1. The highest BCUT2D eigenvalue weighted by Crippen LogP contribution is 2.18. The highest BCUT2D eigenvalue weighted by atomic mass is 32.2. The minimum Gasteiger partial charge on any atom is -0.355 e. The van der Waals surface area contributed by atoms with E-state index in [1.54, 1.807) is 12.1 Å². The number of sulfonamides is 1. The van der Waals surface area contributed by atoms with Gasteiger partial charge in [0, 0.05) is 24.3 Å². The van der Waals surface area contributed by atoms with Gasteiger partial charge in [-0.1, -0.05) is 54.2 Å². The molecule has 0 aliphatic carbocycles. The number of hydrogen-bond donors (Lipinski definition) is 3. The quantitative estimate of drug-likeness (QED) is 0.325. The van der Waals surface area contributed by atoms with Crippen LogP contribution in [0.25, 0.3) is 11.4 Å². The van der Waals surface area contributed by atoms with Crippen molar-refractivity contribution in [3.63, 3.8) is 0 Å². The van der Waals surface area contributed by atoms with E-state index >= 15 is 0 Å². The molecule has 1 heterocycles. The van der Waals surface area contributed by atoms with Gasteiger partial charge in [0.2, 0.25) is 21.1 Å². The number of nitrogens with one attached hydrogen (secondary N) is 3. The number of carbonyl (C=O) groups is 1. The SMILES string of the molecule is CNS(=O)(=O)c1ccc(CCC(=O)NCCSc2n[nH]c(-c3ccccc3)n2)cc1. The topological polar surface area (TPSA) is 117 Å². The van der Waals surface area contributed by atoms with Crippen molar-refractivity contribution in [2.45, 2.75) is 22.9 Å². The second-order valence-electron chi connectivity index (χ2n) is 6.38. The number of H-pyrrole nitrogens is 1. The number of benzene rings is 2. The van der Waals surface area contributed by atoms with Crippen LogP contribution < -0.4 is 10.0 Å². The van der Waals surface area contributed by atoms with Gasteiger partial charge < -0.3 is 5.32 Å². The van der Waals surface area contributed by atoms with E-state index in [4.69, 9.17) is 0 Å².